The fourth-order valence-corrected chi connectivity index (χ4v) is 0.291. The number of nitrogens with one attached hydrogen (secondary N) is 1. The molecule has 0 aliphatic carbocycles. The van der Waals surface area contributed by atoms with E-state index in [1.165, 1.54) is 0 Å². The summed E-state index contributed by atoms with van der Waals surface area (Å²) in [7, 11) is 0. The maximum absolute atomic E-state index is 13.5. The van der Waals surface area contributed by atoms with E-state index in [4.69, 9.17) is 11.0 Å². The normalized spacial score (nSPS) is 91.8. The summed E-state index contributed by atoms with van der Waals surface area (Å²) >= 11 is 0. The van der Waals surface area contributed by atoms with E-state index in [-0.39, 0.29) is 0 Å². The second-order valence-corrected chi connectivity index (χ2v) is 1.16. The average molecular weight is 127 g/mol. The molecule has 1 rings (SSSR count). The molecule has 1 aliphatic heterocycles. The van der Waals surface area contributed by atoms with Crippen LogP contribution in [0.2, 0.25) is 0 Å². The van der Waals surface area contributed by atoms with Crippen molar-refractivity contribution in [2.45, 2.75) is 25.1 Å². The van der Waals surface area contributed by atoms with E-state index in [0.29, 0.717) is 0 Å². The number of hydrogen-bond acceptors (Lipinski definition) is 2. The van der Waals surface area contributed by atoms with Crippen LogP contribution in [0.5, 0.6) is 0 Å². The Balaban J connectivity index is 3.43. The summed E-state index contributed by atoms with van der Waals surface area (Å²) in [6.45, 7) is -3.31. The zero-order valence-electron chi connectivity index (χ0n) is 11.8. The second-order valence-electron chi connectivity index (χ2n) is 1.16. The first kappa shape index (κ1) is 1.47. The van der Waals surface area contributed by atoms with Gasteiger partial charge in [0, 0.05) is 14.7 Å². The number of hydrogen-bond donors (Lipinski definition) is 2. The van der Waals surface area contributed by atoms with Crippen LogP contribution in [-0.2, 0) is 0 Å². The Labute approximate surface area is 58.9 Å². The number of alkyl halides is 1. The Bertz CT molecular complexity index is 288. The maximum atomic E-state index is 13.5. The van der Waals surface area contributed by atoms with Crippen molar-refractivity contribution in [1.29, 1.82) is 0 Å². The molecule has 0 aromatic heterocycles. The first-order chi connectivity index (χ1) is 6.71. The van der Waals surface area contributed by atoms with Gasteiger partial charge >= 0.3 is 0 Å². The zero-order chi connectivity index (χ0) is 13.2. The average Bonchev–Trinajstić information content (AvgIpc) is 1.98. The van der Waals surface area contributed by atoms with Gasteiger partial charge in [-0.05, 0) is 12.7 Å². The summed E-state index contributed by atoms with van der Waals surface area (Å²) in [6.07, 6.45) is -14.6. The molecule has 2 unspecified atom stereocenters. The van der Waals surface area contributed by atoms with Gasteiger partial charge in [0.25, 0.3) is 0 Å². The van der Waals surface area contributed by atoms with Crippen LogP contribution in [0.3, 0.4) is 0 Å². The Morgan fingerprint density at radius 1 is 1.88 bits per heavy atom. The number of aliphatic hydroxyl groups is 1. The molecule has 0 amide bonds. The van der Waals surface area contributed by atoms with Gasteiger partial charge in [0.05, 0.1) is 8.82 Å². The fraction of sp³-hybridized carbons (Fsp3) is 1.00. The lowest BCUT2D eigenvalue weighted by Gasteiger charge is -2.20. The lowest BCUT2D eigenvalue weighted by molar-refractivity contribution is 0.0910. The van der Waals surface area contributed by atoms with E-state index < -0.39 is 31.6 Å². The molecule has 0 spiro atoms. The molecule has 8 heavy (non-hydrogen) atoms. The molecule has 2 nitrogen and oxygen atoms in total. The minimum atomic E-state index is -3.80. The summed E-state index contributed by atoms with van der Waals surface area (Å²) in [5, 5.41) is 10.5. The summed E-state index contributed by atoms with van der Waals surface area (Å²) < 4.78 is 70.1. The Hall–Kier alpha value is -0.150. The van der Waals surface area contributed by atoms with E-state index in [1.807, 2.05) is 0 Å². The molecular formula is C5H10FNO. The van der Waals surface area contributed by atoms with Crippen LogP contribution in [0.4, 0.5) is 4.39 Å². The van der Waals surface area contributed by atoms with Crippen molar-refractivity contribution in [1.82, 2.24) is 5.32 Å². The number of piperidine rings is 1. The van der Waals surface area contributed by atoms with Crippen molar-refractivity contribution in [3.05, 3.63) is 0 Å². The number of rotatable bonds is 0. The van der Waals surface area contributed by atoms with Gasteiger partial charge in [0.2, 0.25) is 0 Å². The van der Waals surface area contributed by atoms with Gasteiger partial charge in [-0.25, -0.2) is 4.39 Å². The molecule has 0 aromatic carbocycles. The molecular weight excluding hydrogens is 109 g/mol. The third-order valence-electron chi connectivity index (χ3n) is 0.581. The van der Waals surface area contributed by atoms with E-state index in [1.54, 1.807) is 0 Å². The van der Waals surface area contributed by atoms with Crippen molar-refractivity contribution in [3.63, 3.8) is 0 Å². The van der Waals surface area contributed by atoms with Gasteiger partial charge in [-0.3, -0.25) is 5.32 Å². The molecule has 2 N–H and O–H groups in total. The van der Waals surface area contributed by atoms with Crippen LogP contribution in [0.25, 0.3) is 0 Å². The molecule has 48 valence electrons. The summed E-state index contributed by atoms with van der Waals surface area (Å²) in [5.41, 5.74) is 0. The van der Waals surface area contributed by atoms with Crippen molar-refractivity contribution in [2.24, 2.45) is 0 Å². The molecule has 3 heteroatoms. The Kier molecular flexibility index (Phi) is 0.443. The summed E-state index contributed by atoms with van der Waals surface area (Å²) in [5.74, 6) is 0. The molecule has 0 saturated carbocycles. The topological polar surface area (TPSA) is 32.3 Å². The van der Waals surface area contributed by atoms with E-state index in [0.717, 1.165) is 5.32 Å². The molecule has 0 aromatic rings. The maximum Gasteiger partial charge on any atom is 0.151 e. The molecule has 0 bridgehead atoms. The minimum absolute atomic E-state index is 1.15. The monoisotopic (exact) mass is 127 g/mol. The van der Waals surface area contributed by atoms with Crippen LogP contribution in [0.15, 0.2) is 0 Å². The van der Waals surface area contributed by atoms with Gasteiger partial charge in [0.1, 0.15) is 0 Å². The highest BCUT2D eigenvalue weighted by Crippen LogP contribution is 2.07. The van der Waals surface area contributed by atoms with Gasteiger partial charge in [0.15, 0.2) is 6.27 Å². The van der Waals surface area contributed by atoms with Crippen LogP contribution in [0.1, 0.15) is 23.7 Å². The lowest BCUT2D eigenvalue weighted by atomic mass is 10.1. The van der Waals surface area contributed by atoms with Crippen molar-refractivity contribution in [3.8, 4) is 0 Å². The van der Waals surface area contributed by atoms with Gasteiger partial charge in [-0.2, -0.15) is 0 Å². The molecule has 1 aliphatic rings. The summed E-state index contributed by atoms with van der Waals surface area (Å²) in [6, 6.07) is 0. The highest BCUT2D eigenvalue weighted by molar-refractivity contribution is 4.69. The van der Waals surface area contributed by atoms with Crippen molar-refractivity contribution < 1.29 is 20.5 Å². The second kappa shape index (κ2) is 2.42. The van der Waals surface area contributed by atoms with Crippen LogP contribution in [0, 0.1) is 0 Å². The number of β-amino-alcohol motifs (C(OH)–C–C–N with tert-alkyl or cyclic N) is 1. The van der Waals surface area contributed by atoms with Crippen LogP contribution in [-0.4, -0.2) is 24.0 Å². The smallest absolute Gasteiger partial charge is 0.151 e. The Morgan fingerprint density at radius 3 is 3.38 bits per heavy atom. The lowest BCUT2D eigenvalue weighted by Crippen LogP contribution is -2.38. The fourth-order valence-electron chi connectivity index (χ4n) is 0.291. The third-order valence-corrected chi connectivity index (χ3v) is 0.581. The van der Waals surface area contributed by atoms with E-state index >= 15 is 0 Å². The van der Waals surface area contributed by atoms with Crippen molar-refractivity contribution >= 4 is 0 Å². The van der Waals surface area contributed by atoms with Gasteiger partial charge < -0.3 is 5.11 Å². The van der Waals surface area contributed by atoms with Gasteiger partial charge in [-0.1, -0.05) is 0 Å². The minimum Gasteiger partial charge on any atom is -0.392 e. The van der Waals surface area contributed by atoms with Crippen LogP contribution >= 0.6 is 0 Å². The third kappa shape index (κ3) is 1.42. The number of halogens is 1. The Morgan fingerprint density at radius 2 is 2.62 bits per heavy atom. The van der Waals surface area contributed by atoms with E-state index in [2.05, 4.69) is 0 Å². The largest absolute Gasteiger partial charge is 0.392 e. The molecule has 1 heterocycles. The quantitative estimate of drug-likeness (QED) is 0.450. The predicted octanol–water partition coefficient (Wildman–Crippen LogP) is 0.0263. The van der Waals surface area contributed by atoms with Gasteiger partial charge in [-0.15, -0.1) is 0 Å². The highest BCUT2D eigenvalue weighted by Gasteiger charge is 2.16. The SMILES string of the molecule is [2H]C1([2H])NC([2H])(F)C([2H])([2H])C([2H])([2H])C1([2H])O. The zero-order valence-corrected chi connectivity index (χ0v) is 3.83. The molecule has 1 saturated heterocycles. The van der Waals surface area contributed by atoms with Crippen LogP contribution < -0.4 is 5.32 Å². The predicted molar refractivity (Wildman–Crippen MR) is 28.1 cm³/mol. The molecule has 2 atom stereocenters. The first-order valence-corrected chi connectivity index (χ1v) is 1.91. The van der Waals surface area contributed by atoms with E-state index in [9.17, 15) is 9.50 Å². The molecule has 0 radical (unpaired) electrons. The standard InChI is InChI=1S/C5H10FNO/c6-5-2-1-4(8)3-7-5/h4-5,7-8H,1-3H2/i1D2,2D2,3D2,4D,5D. The molecule has 1 fully saturated rings. The summed E-state index contributed by atoms with van der Waals surface area (Å²) in [4.78, 5) is 0. The first-order valence-electron chi connectivity index (χ1n) is 5.91. The van der Waals surface area contributed by atoms with Crippen molar-refractivity contribution in [2.75, 3.05) is 6.50 Å². The highest BCUT2D eigenvalue weighted by atomic mass is 19.1.